The molecule has 0 saturated heterocycles. The normalized spacial score (nSPS) is 8.53. The molecular weight excluding hydrogens is 190 g/mol. The highest BCUT2D eigenvalue weighted by atomic mass is 16.5. The number of hydrogen-bond donors (Lipinski definition) is 1. The van der Waals surface area contributed by atoms with Crippen molar-refractivity contribution in [1.29, 1.82) is 0 Å². The fraction of sp³-hybridized carbons (Fsp3) is 0.417. The molecular formula is C12H19NO2. The van der Waals surface area contributed by atoms with Gasteiger partial charge in [-0.15, -0.1) is 0 Å². The van der Waals surface area contributed by atoms with E-state index < -0.39 is 6.09 Å². The third-order valence-electron chi connectivity index (χ3n) is 1.79. The quantitative estimate of drug-likeness (QED) is 0.810. The lowest BCUT2D eigenvalue weighted by molar-refractivity contribution is 0.187. The molecule has 1 aromatic rings. The number of hydrogen-bond acceptors (Lipinski definition) is 2. The predicted octanol–water partition coefficient (Wildman–Crippen LogP) is 3.45. The van der Waals surface area contributed by atoms with Gasteiger partial charge < -0.3 is 4.74 Å². The second-order valence-corrected chi connectivity index (χ2v) is 2.67. The van der Waals surface area contributed by atoms with Gasteiger partial charge in [-0.1, -0.05) is 32.9 Å². The Labute approximate surface area is 91.5 Å². The van der Waals surface area contributed by atoms with Crippen molar-refractivity contribution >= 4 is 11.8 Å². The van der Waals surface area contributed by atoms with Gasteiger partial charge in [-0.05, 0) is 24.1 Å². The highest BCUT2D eigenvalue weighted by molar-refractivity contribution is 5.84. The van der Waals surface area contributed by atoms with Crippen LogP contribution in [0.2, 0.25) is 0 Å². The second kappa shape index (κ2) is 7.85. The van der Waals surface area contributed by atoms with Crippen LogP contribution in [0, 0.1) is 0 Å². The van der Waals surface area contributed by atoms with Crippen LogP contribution in [-0.2, 0) is 11.2 Å². The van der Waals surface area contributed by atoms with Crippen LogP contribution in [0.5, 0.6) is 0 Å². The lowest BCUT2D eigenvalue weighted by Crippen LogP contribution is -2.10. The van der Waals surface area contributed by atoms with Gasteiger partial charge in [-0.25, -0.2) is 4.79 Å². The van der Waals surface area contributed by atoms with E-state index in [9.17, 15) is 4.79 Å². The number of rotatable bonds is 2. The van der Waals surface area contributed by atoms with Crippen LogP contribution >= 0.6 is 0 Å². The van der Waals surface area contributed by atoms with Gasteiger partial charge in [0.05, 0.1) is 7.11 Å². The van der Waals surface area contributed by atoms with Crippen molar-refractivity contribution in [2.45, 2.75) is 27.2 Å². The van der Waals surface area contributed by atoms with Crippen molar-refractivity contribution in [3.63, 3.8) is 0 Å². The summed E-state index contributed by atoms with van der Waals surface area (Å²) >= 11 is 0. The number of ether oxygens (including phenoxy) is 1. The van der Waals surface area contributed by atoms with Crippen LogP contribution in [0.1, 0.15) is 26.3 Å². The maximum Gasteiger partial charge on any atom is 0.411 e. The summed E-state index contributed by atoms with van der Waals surface area (Å²) in [5.74, 6) is 0. The number of anilines is 1. The summed E-state index contributed by atoms with van der Waals surface area (Å²) in [4.78, 5) is 10.8. The fourth-order valence-electron chi connectivity index (χ4n) is 0.993. The van der Waals surface area contributed by atoms with Gasteiger partial charge in [0.1, 0.15) is 0 Å². The average Bonchev–Trinajstić information content (AvgIpc) is 2.32. The van der Waals surface area contributed by atoms with Gasteiger partial charge in [0.25, 0.3) is 0 Å². The zero-order valence-corrected chi connectivity index (χ0v) is 9.83. The number of nitrogens with one attached hydrogen (secondary N) is 1. The summed E-state index contributed by atoms with van der Waals surface area (Å²) in [5.41, 5.74) is 2.00. The first kappa shape index (κ1) is 13.5. The molecule has 0 fully saturated rings. The summed E-state index contributed by atoms with van der Waals surface area (Å²) in [6.45, 7) is 6.09. The number of benzene rings is 1. The van der Waals surface area contributed by atoms with Crippen molar-refractivity contribution in [3.05, 3.63) is 29.8 Å². The number of carbonyl (C=O) groups excluding carboxylic acids is 1. The average molecular weight is 209 g/mol. The zero-order chi connectivity index (χ0) is 11.7. The second-order valence-electron chi connectivity index (χ2n) is 2.67. The lowest BCUT2D eigenvalue weighted by atomic mass is 10.1. The van der Waals surface area contributed by atoms with Crippen molar-refractivity contribution in [1.82, 2.24) is 0 Å². The minimum Gasteiger partial charge on any atom is -0.453 e. The van der Waals surface area contributed by atoms with E-state index in [2.05, 4.69) is 17.0 Å². The molecule has 3 nitrogen and oxygen atoms in total. The molecule has 0 aliphatic heterocycles. The molecule has 15 heavy (non-hydrogen) atoms. The van der Waals surface area contributed by atoms with Crippen LogP contribution < -0.4 is 5.32 Å². The molecule has 1 rings (SSSR count). The number of amides is 1. The van der Waals surface area contributed by atoms with Crippen LogP contribution in [0.15, 0.2) is 24.3 Å². The Morgan fingerprint density at radius 1 is 1.27 bits per heavy atom. The maximum atomic E-state index is 10.8. The van der Waals surface area contributed by atoms with Gasteiger partial charge in [0.15, 0.2) is 0 Å². The summed E-state index contributed by atoms with van der Waals surface area (Å²) in [7, 11) is 1.34. The predicted molar refractivity (Wildman–Crippen MR) is 63.2 cm³/mol. The Hall–Kier alpha value is -1.51. The van der Waals surface area contributed by atoms with Crippen LogP contribution in [0.25, 0.3) is 0 Å². The minimum absolute atomic E-state index is 0.441. The van der Waals surface area contributed by atoms with E-state index >= 15 is 0 Å². The first-order chi connectivity index (χ1) is 7.26. The third-order valence-corrected chi connectivity index (χ3v) is 1.79. The van der Waals surface area contributed by atoms with Crippen molar-refractivity contribution in [2.24, 2.45) is 0 Å². The molecule has 0 heterocycles. The molecule has 84 valence electrons. The van der Waals surface area contributed by atoms with E-state index in [4.69, 9.17) is 0 Å². The third kappa shape index (κ3) is 5.05. The SMILES string of the molecule is CC.CCc1ccc(NC(=O)OC)cc1. The first-order valence-electron chi connectivity index (χ1n) is 5.20. The van der Waals surface area contributed by atoms with E-state index in [1.54, 1.807) is 0 Å². The topological polar surface area (TPSA) is 38.3 Å². The largest absolute Gasteiger partial charge is 0.453 e. The van der Waals surface area contributed by atoms with E-state index in [1.807, 2.05) is 38.1 Å². The Morgan fingerprint density at radius 2 is 1.80 bits per heavy atom. The van der Waals surface area contributed by atoms with E-state index in [0.29, 0.717) is 0 Å². The Bertz CT molecular complexity index is 280. The molecule has 0 atom stereocenters. The summed E-state index contributed by atoms with van der Waals surface area (Å²) in [6, 6.07) is 7.67. The first-order valence-corrected chi connectivity index (χ1v) is 5.20. The molecule has 0 spiro atoms. The van der Waals surface area contributed by atoms with Crippen LogP contribution in [0.4, 0.5) is 10.5 Å². The Balaban J connectivity index is 0.000000921. The summed E-state index contributed by atoms with van der Waals surface area (Å²) in [5, 5.41) is 2.58. The molecule has 0 aliphatic rings. The molecule has 0 unspecified atom stereocenters. The molecule has 1 aromatic carbocycles. The van der Waals surface area contributed by atoms with Crippen molar-refractivity contribution in [3.8, 4) is 0 Å². The molecule has 0 bridgehead atoms. The molecule has 1 amide bonds. The standard InChI is InChI=1S/C10H13NO2.C2H6/c1-3-8-4-6-9(7-5-8)11-10(12)13-2;1-2/h4-7H,3H2,1-2H3,(H,11,12);1-2H3. The van der Waals surface area contributed by atoms with Crippen molar-refractivity contribution < 1.29 is 9.53 Å². The lowest BCUT2D eigenvalue weighted by Gasteiger charge is -2.03. The maximum absolute atomic E-state index is 10.8. The van der Waals surface area contributed by atoms with Gasteiger partial charge >= 0.3 is 6.09 Å². The van der Waals surface area contributed by atoms with Gasteiger partial charge in [0, 0.05) is 5.69 Å². The number of methoxy groups -OCH3 is 1. The van der Waals surface area contributed by atoms with E-state index in [0.717, 1.165) is 12.1 Å². The Morgan fingerprint density at radius 3 is 2.20 bits per heavy atom. The minimum atomic E-state index is -0.441. The molecule has 0 aromatic heterocycles. The van der Waals surface area contributed by atoms with Gasteiger partial charge in [-0.3, -0.25) is 5.32 Å². The molecule has 1 N–H and O–H groups in total. The van der Waals surface area contributed by atoms with Gasteiger partial charge in [0.2, 0.25) is 0 Å². The molecule has 3 heteroatoms. The number of aryl methyl sites for hydroxylation is 1. The van der Waals surface area contributed by atoms with E-state index in [-0.39, 0.29) is 0 Å². The highest BCUT2D eigenvalue weighted by Gasteiger charge is 1.98. The van der Waals surface area contributed by atoms with E-state index in [1.165, 1.54) is 12.7 Å². The summed E-state index contributed by atoms with van der Waals surface area (Å²) < 4.78 is 4.46. The fourth-order valence-corrected chi connectivity index (χ4v) is 0.993. The molecule has 0 radical (unpaired) electrons. The number of carbonyl (C=O) groups is 1. The summed E-state index contributed by atoms with van der Waals surface area (Å²) in [6.07, 6.45) is 0.558. The molecule has 0 aliphatic carbocycles. The van der Waals surface area contributed by atoms with Crippen LogP contribution in [-0.4, -0.2) is 13.2 Å². The zero-order valence-electron chi connectivity index (χ0n) is 9.83. The highest BCUT2D eigenvalue weighted by Crippen LogP contribution is 2.09. The van der Waals surface area contributed by atoms with Crippen LogP contribution in [0.3, 0.4) is 0 Å². The van der Waals surface area contributed by atoms with Gasteiger partial charge in [-0.2, -0.15) is 0 Å². The Kier molecular flexibility index (Phi) is 7.06. The molecule has 0 saturated carbocycles. The van der Waals surface area contributed by atoms with Crippen molar-refractivity contribution in [2.75, 3.05) is 12.4 Å². The monoisotopic (exact) mass is 209 g/mol. The smallest absolute Gasteiger partial charge is 0.411 e.